The molecule has 0 aliphatic rings. The Kier molecular flexibility index (Phi) is 4.59. The molecule has 1 N–H and O–H groups in total. The van der Waals surface area contributed by atoms with Gasteiger partial charge in [-0.2, -0.15) is 24.9 Å². The summed E-state index contributed by atoms with van der Waals surface area (Å²) in [5.41, 5.74) is -0.166. The van der Waals surface area contributed by atoms with E-state index in [9.17, 15) is 13.2 Å². The highest BCUT2D eigenvalue weighted by Crippen LogP contribution is 2.31. The lowest BCUT2D eigenvalue weighted by Crippen LogP contribution is -2.04. The molecule has 110 valence electrons. The maximum absolute atomic E-state index is 12.6. The number of thioether (sulfide) groups is 1. The van der Waals surface area contributed by atoms with Crippen LogP contribution in [0.4, 0.5) is 13.2 Å². The van der Waals surface area contributed by atoms with Crippen LogP contribution in [-0.2, 0) is 11.9 Å². The highest BCUT2D eigenvalue weighted by atomic mass is 32.2. The first-order chi connectivity index (χ1) is 9.40. The first-order valence-corrected chi connectivity index (χ1v) is 7.21. The van der Waals surface area contributed by atoms with Crippen molar-refractivity contribution in [3.05, 3.63) is 29.7 Å². The van der Waals surface area contributed by atoms with Crippen molar-refractivity contribution < 1.29 is 22.7 Å². The molecule has 1 unspecified atom stereocenters. The zero-order valence-corrected chi connectivity index (χ0v) is 11.6. The van der Waals surface area contributed by atoms with Crippen molar-refractivity contribution in [1.82, 2.24) is 4.98 Å². The molecule has 1 aromatic heterocycles. The highest BCUT2D eigenvalue weighted by molar-refractivity contribution is 7.98. The molecule has 0 amide bonds. The van der Waals surface area contributed by atoms with E-state index in [1.54, 1.807) is 0 Å². The molecule has 3 nitrogen and oxygen atoms in total. The van der Waals surface area contributed by atoms with Gasteiger partial charge in [0.05, 0.1) is 11.3 Å². The largest absolute Gasteiger partial charge is 0.440 e. The van der Waals surface area contributed by atoms with Crippen LogP contribution in [0.2, 0.25) is 0 Å². The average Bonchev–Trinajstić information content (AvgIpc) is 2.78. The molecule has 0 bridgehead atoms. The summed E-state index contributed by atoms with van der Waals surface area (Å²) in [4.78, 5) is 4.06. The van der Waals surface area contributed by atoms with Crippen LogP contribution in [0.25, 0.3) is 11.1 Å². The number of alkyl halides is 3. The minimum Gasteiger partial charge on any atom is -0.440 e. The molecule has 0 fully saturated rings. The fraction of sp³-hybridized carbons (Fsp3) is 0.462. The van der Waals surface area contributed by atoms with E-state index < -0.39 is 11.7 Å². The molecule has 0 radical (unpaired) electrons. The monoisotopic (exact) mass is 305 g/mol. The first kappa shape index (κ1) is 15.2. The number of fused-ring (bicyclic) bond motifs is 1. The van der Waals surface area contributed by atoms with Crippen molar-refractivity contribution in [3.8, 4) is 0 Å². The van der Waals surface area contributed by atoms with Crippen molar-refractivity contribution in [3.63, 3.8) is 0 Å². The molecule has 0 saturated carbocycles. The van der Waals surface area contributed by atoms with Crippen LogP contribution in [0.3, 0.4) is 0 Å². The summed E-state index contributed by atoms with van der Waals surface area (Å²) in [5.74, 6) is 1.78. The SMILES string of the molecule is CC(CO)CSCc1nc2cc(C(F)(F)F)ccc2o1. The normalized spacial score (nSPS) is 13.8. The van der Waals surface area contributed by atoms with E-state index >= 15 is 0 Å². The summed E-state index contributed by atoms with van der Waals surface area (Å²) in [5, 5.41) is 8.89. The zero-order chi connectivity index (χ0) is 14.8. The van der Waals surface area contributed by atoms with E-state index in [1.165, 1.54) is 17.8 Å². The Morgan fingerprint density at radius 2 is 2.15 bits per heavy atom. The van der Waals surface area contributed by atoms with Crippen LogP contribution >= 0.6 is 11.8 Å². The number of oxazole rings is 1. The second kappa shape index (κ2) is 6.05. The van der Waals surface area contributed by atoms with Gasteiger partial charge in [0, 0.05) is 6.61 Å². The summed E-state index contributed by atoms with van der Waals surface area (Å²) >= 11 is 1.53. The molecule has 0 aliphatic heterocycles. The van der Waals surface area contributed by atoms with Crippen molar-refractivity contribution in [1.29, 1.82) is 0 Å². The Morgan fingerprint density at radius 1 is 1.40 bits per heavy atom. The predicted octanol–water partition coefficient (Wildman–Crippen LogP) is 3.71. The molecule has 1 heterocycles. The third-order valence-corrected chi connectivity index (χ3v) is 3.95. The van der Waals surface area contributed by atoms with Crippen molar-refractivity contribution in [2.45, 2.75) is 18.9 Å². The second-order valence-electron chi connectivity index (χ2n) is 4.59. The molecule has 2 rings (SSSR count). The predicted molar refractivity (Wildman–Crippen MR) is 71.4 cm³/mol. The van der Waals surface area contributed by atoms with Crippen LogP contribution in [0.1, 0.15) is 18.4 Å². The van der Waals surface area contributed by atoms with Gasteiger partial charge in [0.25, 0.3) is 0 Å². The lowest BCUT2D eigenvalue weighted by Gasteiger charge is -2.04. The molecule has 2 aromatic rings. The zero-order valence-electron chi connectivity index (χ0n) is 10.8. The molecular formula is C13H14F3NO2S. The van der Waals surface area contributed by atoms with Gasteiger partial charge in [0.15, 0.2) is 5.58 Å². The van der Waals surface area contributed by atoms with Crippen LogP contribution in [0.5, 0.6) is 0 Å². The first-order valence-electron chi connectivity index (χ1n) is 6.05. The molecule has 7 heteroatoms. The summed E-state index contributed by atoms with van der Waals surface area (Å²) in [6.45, 7) is 2.02. The smallest absolute Gasteiger partial charge is 0.416 e. The van der Waals surface area contributed by atoms with E-state index in [0.717, 1.165) is 17.9 Å². The number of benzene rings is 1. The average molecular weight is 305 g/mol. The molecule has 1 aromatic carbocycles. The van der Waals surface area contributed by atoms with Gasteiger partial charge >= 0.3 is 6.18 Å². The van der Waals surface area contributed by atoms with E-state index in [-0.39, 0.29) is 18.0 Å². The topological polar surface area (TPSA) is 46.3 Å². The van der Waals surface area contributed by atoms with Crippen LogP contribution < -0.4 is 0 Å². The second-order valence-corrected chi connectivity index (χ2v) is 5.62. The quantitative estimate of drug-likeness (QED) is 0.915. The van der Waals surface area contributed by atoms with Gasteiger partial charge < -0.3 is 9.52 Å². The van der Waals surface area contributed by atoms with Gasteiger partial charge in [-0.05, 0) is 29.9 Å². The van der Waals surface area contributed by atoms with Crippen LogP contribution in [0.15, 0.2) is 22.6 Å². The minimum atomic E-state index is -4.38. The van der Waals surface area contributed by atoms with Crippen molar-refractivity contribution in [2.75, 3.05) is 12.4 Å². The Balaban J connectivity index is 2.09. The lowest BCUT2D eigenvalue weighted by atomic mass is 10.2. The van der Waals surface area contributed by atoms with Crippen LogP contribution in [0, 0.1) is 5.92 Å². The third kappa shape index (κ3) is 3.67. The Morgan fingerprint density at radius 3 is 2.80 bits per heavy atom. The lowest BCUT2D eigenvalue weighted by molar-refractivity contribution is -0.137. The Hall–Kier alpha value is -1.21. The van der Waals surface area contributed by atoms with Gasteiger partial charge in [0.2, 0.25) is 5.89 Å². The number of hydrogen-bond acceptors (Lipinski definition) is 4. The Bertz CT molecular complexity index is 582. The molecule has 0 spiro atoms. The standard InChI is InChI=1S/C13H14F3NO2S/c1-8(5-18)6-20-7-12-17-10-4-9(13(14,15)16)2-3-11(10)19-12/h2-4,8,18H,5-7H2,1H3. The van der Waals surface area contributed by atoms with Crippen LogP contribution in [-0.4, -0.2) is 22.5 Å². The molecule has 0 saturated heterocycles. The molecule has 20 heavy (non-hydrogen) atoms. The van der Waals surface area contributed by atoms with E-state index in [2.05, 4.69) is 4.98 Å². The molecule has 0 aliphatic carbocycles. The highest BCUT2D eigenvalue weighted by Gasteiger charge is 2.30. The van der Waals surface area contributed by atoms with Gasteiger partial charge in [-0.15, -0.1) is 0 Å². The maximum Gasteiger partial charge on any atom is 0.416 e. The van der Waals surface area contributed by atoms with Gasteiger partial charge in [-0.25, -0.2) is 4.98 Å². The number of aromatic nitrogens is 1. The van der Waals surface area contributed by atoms with Gasteiger partial charge in [0.1, 0.15) is 5.52 Å². The summed E-state index contributed by atoms with van der Waals surface area (Å²) in [7, 11) is 0. The molecule has 1 atom stereocenters. The van der Waals surface area contributed by atoms with E-state index in [4.69, 9.17) is 9.52 Å². The number of aliphatic hydroxyl groups excluding tert-OH is 1. The fourth-order valence-corrected chi connectivity index (χ4v) is 2.54. The Labute approximate surface area is 118 Å². The number of nitrogens with zero attached hydrogens (tertiary/aromatic N) is 1. The minimum absolute atomic E-state index is 0.107. The number of aliphatic hydroxyl groups is 1. The fourth-order valence-electron chi connectivity index (χ4n) is 1.61. The van der Waals surface area contributed by atoms with E-state index in [1.807, 2.05) is 6.92 Å². The molecular weight excluding hydrogens is 291 g/mol. The van der Waals surface area contributed by atoms with E-state index in [0.29, 0.717) is 17.2 Å². The number of hydrogen-bond donors (Lipinski definition) is 1. The number of rotatable bonds is 5. The van der Waals surface area contributed by atoms with Crippen molar-refractivity contribution in [2.24, 2.45) is 5.92 Å². The summed E-state index contributed by atoms with van der Waals surface area (Å²) < 4.78 is 43.1. The summed E-state index contributed by atoms with van der Waals surface area (Å²) in [6.07, 6.45) is -4.38. The summed E-state index contributed by atoms with van der Waals surface area (Å²) in [6, 6.07) is 3.26. The maximum atomic E-state index is 12.6. The third-order valence-electron chi connectivity index (χ3n) is 2.70. The van der Waals surface area contributed by atoms with Gasteiger partial charge in [-0.1, -0.05) is 6.92 Å². The van der Waals surface area contributed by atoms with Gasteiger partial charge in [-0.3, -0.25) is 0 Å². The van der Waals surface area contributed by atoms with Crippen molar-refractivity contribution >= 4 is 22.9 Å². The number of halogens is 3.